The molecule has 19 heavy (non-hydrogen) atoms. The summed E-state index contributed by atoms with van der Waals surface area (Å²) in [6.45, 7) is 2.54. The second kappa shape index (κ2) is 6.06. The number of aliphatic carboxylic acids is 1. The van der Waals surface area contributed by atoms with Gasteiger partial charge < -0.3 is 15.7 Å². The lowest BCUT2D eigenvalue weighted by Gasteiger charge is -2.13. The molecule has 1 fully saturated rings. The van der Waals surface area contributed by atoms with Crippen molar-refractivity contribution in [3.63, 3.8) is 0 Å². The summed E-state index contributed by atoms with van der Waals surface area (Å²) in [5.41, 5.74) is 0. The number of thiophene rings is 1. The van der Waals surface area contributed by atoms with Crippen molar-refractivity contribution in [2.45, 2.75) is 38.8 Å². The third-order valence-electron chi connectivity index (χ3n) is 3.34. The fourth-order valence-corrected chi connectivity index (χ4v) is 3.15. The van der Waals surface area contributed by atoms with Crippen molar-refractivity contribution in [2.75, 3.05) is 0 Å². The average molecular weight is 282 g/mol. The van der Waals surface area contributed by atoms with Crippen LogP contribution in [0, 0.1) is 12.8 Å². The molecule has 5 nitrogen and oxygen atoms in total. The molecule has 1 aromatic rings. The van der Waals surface area contributed by atoms with Gasteiger partial charge in [-0.2, -0.15) is 0 Å². The minimum absolute atomic E-state index is 0.0221. The summed E-state index contributed by atoms with van der Waals surface area (Å²) in [6, 6.07) is 3.78. The van der Waals surface area contributed by atoms with Crippen LogP contribution in [0.3, 0.4) is 0 Å². The summed E-state index contributed by atoms with van der Waals surface area (Å²) >= 11 is 1.66. The first-order valence-corrected chi connectivity index (χ1v) is 7.18. The Morgan fingerprint density at radius 3 is 2.79 bits per heavy atom. The molecule has 1 heterocycles. The number of aryl methyl sites for hydroxylation is 1. The number of amides is 2. The van der Waals surface area contributed by atoms with E-state index < -0.39 is 5.97 Å². The van der Waals surface area contributed by atoms with Crippen molar-refractivity contribution in [3.8, 4) is 0 Å². The fourth-order valence-electron chi connectivity index (χ4n) is 2.32. The van der Waals surface area contributed by atoms with Gasteiger partial charge in [-0.15, -0.1) is 11.3 Å². The lowest BCUT2D eigenvalue weighted by Crippen LogP contribution is -2.40. The minimum Gasteiger partial charge on any atom is -0.481 e. The number of carboxylic acids is 1. The van der Waals surface area contributed by atoms with Crippen molar-refractivity contribution < 1.29 is 14.7 Å². The van der Waals surface area contributed by atoms with E-state index in [4.69, 9.17) is 5.11 Å². The van der Waals surface area contributed by atoms with E-state index in [2.05, 4.69) is 10.6 Å². The highest BCUT2D eigenvalue weighted by molar-refractivity contribution is 7.11. The van der Waals surface area contributed by atoms with Crippen molar-refractivity contribution in [1.82, 2.24) is 10.6 Å². The normalized spacial score (nSPS) is 22.2. The number of carbonyl (C=O) groups is 2. The van der Waals surface area contributed by atoms with Crippen molar-refractivity contribution in [3.05, 3.63) is 21.9 Å². The molecule has 1 saturated carbocycles. The monoisotopic (exact) mass is 282 g/mol. The Morgan fingerprint density at radius 1 is 1.42 bits per heavy atom. The number of rotatable bonds is 4. The molecule has 2 atom stereocenters. The van der Waals surface area contributed by atoms with Crippen LogP contribution in [0.2, 0.25) is 0 Å². The molecule has 0 aliphatic heterocycles. The summed E-state index contributed by atoms with van der Waals surface area (Å²) in [5, 5.41) is 14.5. The second-order valence-electron chi connectivity index (χ2n) is 4.88. The van der Waals surface area contributed by atoms with E-state index in [0.29, 0.717) is 19.4 Å². The number of carboxylic acid groups (broad SMARTS) is 1. The van der Waals surface area contributed by atoms with E-state index in [0.717, 1.165) is 11.3 Å². The molecule has 6 heteroatoms. The maximum atomic E-state index is 11.7. The first-order chi connectivity index (χ1) is 9.04. The van der Waals surface area contributed by atoms with Gasteiger partial charge in [-0.05, 0) is 38.3 Å². The molecule has 1 aliphatic carbocycles. The molecule has 1 aromatic heterocycles. The second-order valence-corrected chi connectivity index (χ2v) is 6.26. The summed E-state index contributed by atoms with van der Waals surface area (Å²) in [7, 11) is 0. The van der Waals surface area contributed by atoms with Crippen LogP contribution in [0.4, 0.5) is 4.79 Å². The number of urea groups is 1. The average Bonchev–Trinajstić information content (AvgIpc) is 2.96. The first-order valence-electron chi connectivity index (χ1n) is 6.37. The van der Waals surface area contributed by atoms with Gasteiger partial charge in [-0.25, -0.2) is 4.79 Å². The van der Waals surface area contributed by atoms with Crippen molar-refractivity contribution in [2.24, 2.45) is 5.92 Å². The van der Waals surface area contributed by atoms with Crippen LogP contribution < -0.4 is 10.6 Å². The maximum Gasteiger partial charge on any atom is 0.315 e. The van der Waals surface area contributed by atoms with Gasteiger partial charge in [0.25, 0.3) is 0 Å². The zero-order valence-electron chi connectivity index (χ0n) is 10.8. The predicted octanol–water partition coefficient (Wildman–Crippen LogP) is 2.11. The van der Waals surface area contributed by atoms with E-state index in [1.165, 1.54) is 4.88 Å². The summed E-state index contributed by atoms with van der Waals surface area (Å²) < 4.78 is 0. The maximum absolute atomic E-state index is 11.7. The molecular weight excluding hydrogens is 264 g/mol. The topological polar surface area (TPSA) is 78.4 Å². The van der Waals surface area contributed by atoms with Gasteiger partial charge in [0.15, 0.2) is 0 Å². The summed E-state index contributed by atoms with van der Waals surface area (Å²) in [6.07, 6.45) is 1.91. The molecule has 0 spiro atoms. The van der Waals surface area contributed by atoms with Gasteiger partial charge in [0.1, 0.15) is 0 Å². The summed E-state index contributed by atoms with van der Waals surface area (Å²) in [5.74, 6) is -1.08. The van der Waals surface area contributed by atoms with Crippen molar-refractivity contribution in [1.29, 1.82) is 0 Å². The van der Waals surface area contributed by atoms with Crippen LogP contribution in [0.25, 0.3) is 0 Å². The molecule has 3 N–H and O–H groups in total. The first kappa shape index (κ1) is 13.9. The van der Waals surface area contributed by atoms with Crippen molar-refractivity contribution >= 4 is 23.3 Å². The SMILES string of the molecule is Cc1ccc(CNC(=O)NC2CCC(C(=O)O)C2)s1. The Morgan fingerprint density at radius 2 is 2.21 bits per heavy atom. The Bertz CT molecular complexity index is 472. The number of hydrogen-bond donors (Lipinski definition) is 3. The van der Waals surface area contributed by atoms with Gasteiger partial charge >= 0.3 is 12.0 Å². The van der Waals surface area contributed by atoms with E-state index >= 15 is 0 Å². The fraction of sp³-hybridized carbons (Fsp3) is 0.538. The molecule has 0 saturated heterocycles. The lowest BCUT2D eigenvalue weighted by atomic mass is 10.1. The number of nitrogens with one attached hydrogen (secondary N) is 2. The molecule has 0 aromatic carbocycles. The number of hydrogen-bond acceptors (Lipinski definition) is 3. The molecule has 2 rings (SSSR count). The van der Waals surface area contributed by atoms with E-state index in [1.807, 2.05) is 19.1 Å². The van der Waals surface area contributed by atoms with Crippen LogP contribution in [-0.4, -0.2) is 23.1 Å². The molecule has 0 radical (unpaired) electrons. The predicted molar refractivity (Wildman–Crippen MR) is 73.2 cm³/mol. The standard InChI is InChI=1S/C13H18N2O3S/c1-8-2-5-11(19-8)7-14-13(18)15-10-4-3-9(6-10)12(16)17/h2,5,9-10H,3-4,6-7H2,1H3,(H,16,17)(H2,14,15,18). The zero-order chi connectivity index (χ0) is 13.8. The molecular formula is C13H18N2O3S. The van der Waals surface area contributed by atoms with Gasteiger partial charge in [-0.1, -0.05) is 0 Å². The highest BCUT2D eigenvalue weighted by Crippen LogP contribution is 2.25. The van der Waals surface area contributed by atoms with E-state index in [9.17, 15) is 9.59 Å². The summed E-state index contributed by atoms with van der Waals surface area (Å²) in [4.78, 5) is 24.8. The Balaban J connectivity index is 1.72. The third kappa shape index (κ3) is 3.96. The highest BCUT2D eigenvalue weighted by Gasteiger charge is 2.30. The van der Waals surface area contributed by atoms with Crippen LogP contribution in [0.1, 0.15) is 29.0 Å². The van der Waals surface area contributed by atoms with Crippen LogP contribution >= 0.6 is 11.3 Å². The van der Waals surface area contributed by atoms with Gasteiger partial charge in [0, 0.05) is 15.8 Å². The quantitative estimate of drug-likeness (QED) is 0.791. The molecule has 2 amide bonds. The lowest BCUT2D eigenvalue weighted by molar-refractivity contribution is -0.141. The molecule has 0 bridgehead atoms. The highest BCUT2D eigenvalue weighted by atomic mass is 32.1. The molecule has 104 valence electrons. The Kier molecular flexibility index (Phi) is 4.42. The van der Waals surface area contributed by atoms with Crippen LogP contribution in [0.15, 0.2) is 12.1 Å². The Labute approximate surface area is 116 Å². The van der Waals surface area contributed by atoms with Crippen LogP contribution in [-0.2, 0) is 11.3 Å². The van der Waals surface area contributed by atoms with Gasteiger partial charge in [-0.3, -0.25) is 4.79 Å². The Hall–Kier alpha value is -1.56. The largest absolute Gasteiger partial charge is 0.481 e. The molecule has 2 unspecified atom stereocenters. The van der Waals surface area contributed by atoms with E-state index in [-0.39, 0.29) is 18.0 Å². The molecule has 1 aliphatic rings. The zero-order valence-corrected chi connectivity index (χ0v) is 11.6. The van der Waals surface area contributed by atoms with Gasteiger partial charge in [0.2, 0.25) is 0 Å². The smallest absolute Gasteiger partial charge is 0.315 e. The van der Waals surface area contributed by atoms with E-state index in [1.54, 1.807) is 11.3 Å². The number of carbonyl (C=O) groups excluding carboxylic acids is 1. The van der Waals surface area contributed by atoms with Gasteiger partial charge in [0.05, 0.1) is 12.5 Å². The minimum atomic E-state index is -0.765. The van der Waals surface area contributed by atoms with Crippen LogP contribution in [0.5, 0.6) is 0 Å². The third-order valence-corrected chi connectivity index (χ3v) is 4.34.